The lowest BCUT2D eigenvalue weighted by atomic mass is 10.0. The second kappa shape index (κ2) is 11.1. The van der Waals surface area contributed by atoms with E-state index in [2.05, 4.69) is 30.1 Å². The average Bonchev–Trinajstić information content (AvgIpc) is 3.51. The van der Waals surface area contributed by atoms with E-state index < -0.39 is 0 Å². The molecule has 0 atom stereocenters. The van der Waals surface area contributed by atoms with Crippen molar-refractivity contribution in [2.24, 2.45) is 0 Å². The third-order valence-electron chi connectivity index (χ3n) is 6.68. The van der Waals surface area contributed by atoms with E-state index >= 15 is 0 Å². The molecule has 0 saturated heterocycles. The molecular weight excluding hydrogens is 518 g/mol. The molecule has 2 aromatic carbocycles. The van der Waals surface area contributed by atoms with Crippen LogP contribution in [0.2, 0.25) is 0 Å². The minimum Gasteiger partial charge on any atom is -0.493 e. The van der Waals surface area contributed by atoms with Crippen LogP contribution >= 0.6 is 22.7 Å². The zero-order valence-electron chi connectivity index (χ0n) is 22.2. The first kappa shape index (κ1) is 26.2. The van der Waals surface area contributed by atoms with Gasteiger partial charge in [-0.15, -0.1) is 22.7 Å². The molecule has 1 amide bonds. The van der Waals surface area contributed by atoms with Crippen molar-refractivity contribution in [3.05, 3.63) is 58.5 Å². The Morgan fingerprint density at radius 1 is 1.08 bits per heavy atom. The van der Waals surface area contributed by atoms with Gasteiger partial charge in [0.1, 0.15) is 10.0 Å². The fraction of sp³-hybridized carbons (Fsp3) is 0.310. The number of aromatic nitrogens is 1. The first-order chi connectivity index (χ1) is 18.4. The Labute approximate surface area is 230 Å². The van der Waals surface area contributed by atoms with E-state index in [1.807, 2.05) is 30.3 Å². The van der Waals surface area contributed by atoms with Gasteiger partial charge in [0.05, 0.1) is 31.5 Å². The zero-order chi connectivity index (χ0) is 26.8. The number of para-hydroxylation sites is 1. The van der Waals surface area contributed by atoms with Crippen molar-refractivity contribution in [1.82, 2.24) is 9.88 Å². The Morgan fingerprint density at radius 2 is 1.82 bits per heavy atom. The van der Waals surface area contributed by atoms with Crippen LogP contribution in [0.1, 0.15) is 29.9 Å². The van der Waals surface area contributed by atoms with E-state index in [1.54, 1.807) is 50.1 Å². The fourth-order valence-corrected chi connectivity index (χ4v) is 7.07. The third-order valence-corrected chi connectivity index (χ3v) is 8.86. The van der Waals surface area contributed by atoms with Crippen molar-refractivity contribution >= 4 is 49.9 Å². The Kier molecular flexibility index (Phi) is 7.69. The quantitative estimate of drug-likeness (QED) is 0.254. The van der Waals surface area contributed by atoms with Gasteiger partial charge in [0.2, 0.25) is 11.7 Å². The lowest BCUT2D eigenvalue weighted by Gasteiger charge is -2.30. The van der Waals surface area contributed by atoms with Crippen LogP contribution in [0.4, 0.5) is 5.00 Å². The van der Waals surface area contributed by atoms with E-state index in [4.69, 9.17) is 19.2 Å². The van der Waals surface area contributed by atoms with Gasteiger partial charge in [0.25, 0.3) is 0 Å². The number of fused-ring (bicyclic) bond motifs is 2. The average molecular weight is 550 g/mol. The number of carbonyl (C=O) groups is 1. The fourth-order valence-electron chi connectivity index (χ4n) is 4.68. The van der Waals surface area contributed by atoms with Crippen LogP contribution in [-0.4, -0.2) is 49.7 Å². The van der Waals surface area contributed by atoms with Crippen molar-refractivity contribution in [2.75, 3.05) is 33.2 Å². The second-order valence-electron chi connectivity index (χ2n) is 9.29. The van der Waals surface area contributed by atoms with Gasteiger partial charge in [-0.3, -0.25) is 9.69 Å². The molecule has 0 saturated carbocycles. The van der Waals surface area contributed by atoms with Crippen molar-refractivity contribution in [3.63, 3.8) is 0 Å². The number of benzene rings is 2. The molecule has 38 heavy (non-hydrogen) atoms. The van der Waals surface area contributed by atoms with Crippen LogP contribution in [0.25, 0.3) is 26.9 Å². The summed E-state index contributed by atoms with van der Waals surface area (Å²) < 4.78 is 17.4. The second-order valence-corrected chi connectivity index (χ2v) is 11.4. The smallest absolute Gasteiger partial charge is 0.249 e. The molecule has 9 heteroatoms. The molecule has 0 aliphatic carbocycles. The maximum absolute atomic E-state index is 13.2. The molecule has 7 nitrogen and oxygen atoms in total. The van der Waals surface area contributed by atoms with Crippen LogP contribution in [0.5, 0.6) is 17.2 Å². The standard InChI is InChI=1S/C29H31N3O4S2/c1-17(2)32-13-12-19-24(16-32)38-29(26(19)28-30-20-8-6-7-9-23(20)37-28)31-25(33)11-10-18-14-21(34-3)27(36-5)22(15-18)35-4/h6-11,14-15,17H,12-13,16H2,1-5H3,(H,31,33)/b11-10+. The predicted octanol–water partition coefficient (Wildman–Crippen LogP) is 6.47. The van der Waals surface area contributed by atoms with Crippen molar-refractivity contribution in [2.45, 2.75) is 32.9 Å². The van der Waals surface area contributed by atoms with Crippen molar-refractivity contribution < 1.29 is 19.0 Å². The van der Waals surface area contributed by atoms with Gasteiger partial charge in [0, 0.05) is 35.6 Å². The van der Waals surface area contributed by atoms with Crippen LogP contribution in [0, 0.1) is 0 Å². The number of carbonyl (C=O) groups excluding carboxylic acids is 1. The van der Waals surface area contributed by atoms with Crippen molar-refractivity contribution in [1.29, 1.82) is 0 Å². The number of nitrogens with zero attached hydrogens (tertiary/aromatic N) is 2. The molecule has 4 aromatic rings. The summed E-state index contributed by atoms with van der Waals surface area (Å²) in [5, 5.41) is 4.95. The lowest BCUT2D eigenvalue weighted by Crippen LogP contribution is -2.35. The van der Waals surface area contributed by atoms with Gasteiger partial charge >= 0.3 is 0 Å². The topological polar surface area (TPSA) is 72.9 Å². The molecule has 1 N–H and O–H groups in total. The van der Waals surface area contributed by atoms with Crippen molar-refractivity contribution in [3.8, 4) is 27.8 Å². The summed E-state index contributed by atoms with van der Waals surface area (Å²) in [5.74, 6) is 1.37. The van der Waals surface area contributed by atoms with Crippen LogP contribution < -0.4 is 19.5 Å². The predicted molar refractivity (Wildman–Crippen MR) is 156 cm³/mol. The minimum absolute atomic E-state index is 0.208. The molecule has 198 valence electrons. The maximum atomic E-state index is 13.2. The summed E-state index contributed by atoms with van der Waals surface area (Å²) in [5.41, 5.74) is 4.10. The SMILES string of the molecule is COc1cc(/C=C/C(=O)Nc2sc3c(c2-c2nc4ccccc4s2)CCN(C(C)C)C3)cc(OC)c1OC. The number of thiophene rings is 1. The van der Waals surface area contributed by atoms with Crippen LogP contribution in [-0.2, 0) is 17.8 Å². The number of rotatable bonds is 8. The number of thiazole rings is 1. The molecule has 5 rings (SSSR count). The summed E-state index contributed by atoms with van der Waals surface area (Å²) in [4.78, 5) is 21.9. The van der Waals surface area contributed by atoms with E-state index in [0.717, 1.165) is 50.9 Å². The third kappa shape index (κ3) is 5.14. The Balaban J connectivity index is 1.47. The summed E-state index contributed by atoms with van der Waals surface area (Å²) in [6, 6.07) is 12.2. The summed E-state index contributed by atoms with van der Waals surface area (Å²) in [7, 11) is 4.70. The summed E-state index contributed by atoms with van der Waals surface area (Å²) in [6.45, 7) is 6.33. The molecule has 1 aliphatic heterocycles. The first-order valence-corrected chi connectivity index (χ1v) is 14.1. The van der Waals surface area contributed by atoms with E-state index in [9.17, 15) is 4.79 Å². The maximum Gasteiger partial charge on any atom is 0.249 e. The monoisotopic (exact) mass is 549 g/mol. The Bertz CT molecular complexity index is 1450. The number of ether oxygens (including phenoxy) is 3. The Morgan fingerprint density at radius 3 is 2.47 bits per heavy atom. The summed E-state index contributed by atoms with van der Waals surface area (Å²) >= 11 is 3.33. The van der Waals surface area contributed by atoms with Gasteiger partial charge in [-0.1, -0.05) is 12.1 Å². The minimum atomic E-state index is -0.208. The lowest BCUT2D eigenvalue weighted by molar-refractivity contribution is -0.111. The highest BCUT2D eigenvalue weighted by Gasteiger charge is 2.28. The molecule has 0 radical (unpaired) electrons. The number of amides is 1. The van der Waals surface area contributed by atoms with Gasteiger partial charge in [-0.2, -0.15) is 0 Å². The highest BCUT2D eigenvalue weighted by atomic mass is 32.1. The van der Waals surface area contributed by atoms with Gasteiger partial charge in [-0.25, -0.2) is 4.98 Å². The molecule has 0 fully saturated rings. The molecule has 0 spiro atoms. The number of hydrogen-bond donors (Lipinski definition) is 1. The molecule has 0 unspecified atom stereocenters. The molecule has 0 bridgehead atoms. The number of anilines is 1. The van der Waals surface area contributed by atoms with Crippen LogP contribution in [0.3, 0.4) is 0 Å². The van der Waals surface area contributed by atoms with Gasteiger partial charge in [0.15, 0.2) is 11.5 Å². The zero-order valence-corrected chi connectivity index (χ0v) is 23.8. The molecular formula is C29H31N3O4S2. The molecule has 3 heterocycles. The Hall–Kier alpha value is -3.40. The first-order valence-electron chi connectivity index (χ1n) is 12.5. The van der Waals surface area contributed by atoms with Gasteiger partial charge in [-0.05, 0) is 61.7 Å². The number of hydrogen-bond acceptors (Lipinski definition) is 8. The highest BCUT2D eigenvalue weighted by molar-refractivity contribution is 7.23. The van der Waals surface area contributed by atoms with Gasteiger partial charge < -0.3 is 19.5 Å². The molecule has 1 aliphatic rings. The highest BCUT2D eigenvalue weighted by Crippen LogP contribution is 2.46. The summed E-state index contributed by atoms with van der Waals surface area (Å²) in [6.07, 6.45) is 4.21. The van der Waals surface area contributed by atoms with E-state index in [-0.39, 0.29) is 5.91 Å². The largest absolute Gasteiger partial charge is 0.493 e. The van der Waals surface area contributed by atoms with E-state index in [0.29, 0.717) is 23.3 Å². The molecule has 2 aromatic heterocycles. The van der Waals surface area contributed by atoms with E-state index in [1.165, 1.54) is 16.5 Å². The number of nitrogens with one attached hydrogen (secondary N) is 1. The normalized spacial score (nSPS) is 13.7. The number of methoxy groups -OCH3 is 3. The van der Waals surface area contributed by atoms with Crippen LogP contribution in [0.15, 0.2) is 42.5 Å².